The molecule has 2 aromatic carbocycles. The lowest BCUT2D eigenvalue weighted by Gasteiger charge is -2.07. The second-order valence-electron chi connectivity index (χ2n) is 5.58. The number of fused-ring (bicyclic) bond motifs is 3. The molecule has 0 amide bonds. The van der Waals surface area contributed by atoms with Crippen LogP contribution in [0.5, 0.6) is 11.5 Å². The molecule has 0 unspecified atom stereocenters. The van der Waals surface area contributed by atoms with E-state index in [1.165, 1.54) is 36.5 Å². The predicted octanol–water partition coefficient (Wildman–Crippen LogP) is 4.11. The second kappa shape index (κ2) is 5.85. The lowest BCUT2D eigenvalue weighted by molar-refractivity contribution is -0.384. The van der Waals surface area contributed by atoms with Crippen molar-refractivity contribution in [3.05, 3.63) is 70.5 Å². The number of pyridine rings is 1. The predicted molar refractivity (Wildman–Crippen MR) is 93.7 cm³/mol. The van der Waals surface area contributed by atoms with E-state index >= 15 is 0 Å². The van der Waals surface area contributed by atoms with Crippen LogP contribution in [0, 0.1) is 10.1 Å². The van der Waals surface area contributed by atoms with Gasteiger partial charge in [0.05, 0.1) is 27.5 Å². The zero-order valence-electron chi connectivity index (χ0n) is 13.2. The van der Waals surface area contributed by atoms with Gasteiger partial charge in [0.25, 0.3) is 5.69 Å². The molecule has 0 saturated carbocycles. The number of nitro groups is 1. The number of nitro benzene ring substituents is 1. The van der Waals surface area contributed by atoms with Crippen LogP contribution in [0.2, 0.25) is 0 Å². The number of hydrogen-bond acceptors (Lipinski definition) is 5. The van der Waals surface area contributed by atoms with E-state index in [4.69, 9.17) is 4.74 Å². The van der Waals surface area contributed by atoms with Gasteiger partial charge in [-0.25, -0.2) is 9.78 Å². The van der Waals surface area contributed by atoms with Crippen molar-refractivity contribution in [2.75, 3.05) is 0 Å². The topological polar surface area (TPSA) is 118 Å². The number of H-pyrrole nitrogens is 1. The van der Waals surface area contributed by atoms with Gasteiger partial charge >= 0.3 is 5.97 Å². The molecule has 8 nitrogen and oxygen atoms in total. The Bertz CT molecular complexity index is 1160. The minimum atomic E-state index is -1.12. The van der Waals surface area contributed by atoms with Crippen LogP contribution in [-0.2, 0) is 0 Å². The number of ether oxygens (including phenoxy) is 1. The van der Waals surface area contributed by atoms with Crippen molar-refractivity contribution in [2.45, 2.75) is 0 Å². The highest BCUT2D eigenvalue weighted by Crippen LogP contribution is 2.36. The molecule has 0 saturated heterocycles. The number of benzene rings is 2. The zero-order chi connectivity index (χ0) is 18.3. The van der Waals surface area contributed by atoms with Gasteiger partial charge in [0.2, 0.25) is 0 Å². The maximum Gasteiger partial charge on any atom is 0.354 e. The molecule has 0 atom stereocenters. The molecule has 4 rings (SSSR count). The molecule has 0 aliphatic carbocycles. The molecule has 8 heteroatoms. The number of nitrogens with one attached hydrogen (secondary N) is 1. The molecule has 0 aliphatic heterocycles. The van der Waals surface area contributed by atoms with Gasteiger partial charge in [-0.15, -0.1) is 0 Å². The fraction of sp³-hybridized carbons (Fsp3) is 0. The Morgan fingerprint density at radius 2 is 1.92 bits per heavy atom. The number of rotatable bonds is 4. The van der Waals surface area contributed by atoms with Gasteiger partial charge in [-0.1, -0.05) is 6.07 Å². The van der Waals surface area contributed by atoms with Crippen LogP contribution in [0.15, 0.2) is 54.7 Å². The van der Waals surface area contributed by atoms with Crippen molar-refractivity contribution in [2.24, 2.45) is 0 Å². The van der Waals surface area contributed by atoms with Gasteiger partial charge in [0.15, 0.2) is 0 Å². The highest BCUT2D eigenvalue weighted by Gasteiger charge is 2.14. The molecule has 0 spiro atoms. The molecule has 0 radical (unpaired) electrons. The summed E-state index contributed by atoms with van der Waals surface area (Å²) in [5, 5.41) is 21.3. The van der Waals surface area contributed by atoms with Crippen molar-refractivity contribution in [3.63, 3.8) is 0 Å². The fourth-order valence-electron chi connectivity index (χ4n) is 2.78. The summed E-state index contributed by atoms with van der Waals surface area (Å²) < 4.78 is 5.88. The summed E-state index contributed by atoms with van der Waals surface area (Å²) in [5.74, 6) is -0.176. The van der Waals surface area contributed by atoms with Gasteiger partial charge in [0, 0.05) is 17.5 Å². The molecule has 4 aromatic rings. The Kier molecular flexibility index (Phi) is 3.51. The Morgan fingerprint density at radius 3 is 2.62 bits per heavy atom. The summed E-state index contributed by atoms with van der Waals surface area (Å²) in [5.41, 5.74) is 1.36. The van der Waals surface area contributed by atoms with E-state index in [9.17, 15) is 20.0 Å². The smallest absolute Gasteiger partial charge is 0.354 e. The Morgan fingerprint density at radius 1 is 1.15 bits per heavy atom. The van der Waals surface area contributed by atoms with Crippen molar-refractivity contribution < 1.29 is 19.6 Å². The summed E-state index contributed by atoms with van der Waals surface area (Å²) in [6.45, 7) is 0. The number of carboxylic acid groups (broad SMARTS) is 1. The molecular weight excluding hydrogens is 338 g/mol. The summed E-state index contributed by atoms with van der Waals surface area (Å²) in [4.78, 5) is 28.6. The lowest BCUT2D eigenvalue weighted by atomic mass is 10.1. The lowest BCUT2D eigenvalue weighted by Crippen LogP contribution is -1.98. The number of hydrogen-bond donors (Lipinski definition) is 2. The van der Waals surface area contributed by atoms with Gasteiger partial charge in [-0.05, 0) is 30.3 Å². The van der Waals surface area contributed by atoms with E-state index < -0.39 is 10.9 Å². The number of carboxylic acids is 1. The van der Waals surface area contributed by atoms with E-state index in [0.717, 1.165) is 5.52 Å². The highest BCUT2D eigenvalue weighted by molar-refractivity contribution is 6.11. The third kappa shape index (κ3) is 2.59. The van der Waals surface area contributed by atoms with Crippen molar-refractivity contribution >= 4 is 33.5 Å². The van der Waals surface area contributed by atoms with Crippen LogP contribution in [0.4, 0.5) is 5.69 Å². The standard InChI is InChI=1S/C18H11N3O5/c22-18(23)14-8-12-15(9-19-14)20-13-2-1-3-16(17(12)13)26-11-6-4-10(5-7-11)21(24)25/h1-9,20H,(H,22,23). The maximum atomic E-state index is 11.2. The Hall–Kier alpha value is -3.94. The van der Waals surface area contributed by atoms with Gasteiger partial charge in [-0.3, -0.25) is 10.1 Å². The van der Waals surface area contributed by atoms with E-state index in [-0.39, 0.29) is 11.4 Å². The zero-order valence-corrected chi connectivity index (χ0v) is 13.2. The van der Waals surface area contributed by atoms with Crippen LogP contribution in [-0.4, -0.2) is 26.0 Å². The monoisotopic (exact) mass is 349 g/mol. The van der Waals surface area contributed by atoms with Gasteiger partial charge in [-0.2, -0.15) is 0 Å². The highest BCUT2D eigenvalue weighted by atomic mass is 16.6. The summed E-state index contributed by atoms with van der Waals surface area (Å²) in [6.07, 6.45) is 1.47. The number of carbonyl (C=O) groups is 1. The molecule has 2 N–H and O–H groups in total. The minimum Gasteiger partial charge on any atom is -0.477 e. The van der Waals surface area contributed by atoms with Crippen LogP contribution in [0.1, 0.15) is 10.5 Å². The van der Waals surface area contributed by atoms with Crippen LogP contribution < -0.4 is 4.74 Å². The molecule has 0 fully saturated rings. The van der Waals surface area contributed by atoms with E-state index in [0.29, 0.717) is 27.8 Å². The largest absolute Gasteiger partial charge is 0.477 e. The number of aromatic amines is 1. The molecule has 2 heterocycles. The average Bonchev–Trinajstić information content (AvgIpc) is 3.00. The van der Waals surface area contributed by atoms with Gasteiger partial charge < -0.3 is 14.8 Å². The first-order valence-electron chi connectivity index (χ1n) is 7.59. The average molecular weight is 349 g/mol. The first-order chi connectivity index (χ1) is 12.5. The summed E-state index contributed by atoms with van der Waals surface area (Å²) >= 11 is 0. The molecule has 0 bridgehead atoms. The first-order valence-corrected chi connectivity index (χ1v) is 7.59. The van der Waals surface area contributed by atoms with Crippen LogP contribution in [0.25, 0.3) is 21.8 Å². The molecule has 0 aliphatic rings. The quantitative estimate of drug-likeness (QED) is 0.423. The Labute approximate surface area is 145 Å². The third-order valence-electron chi connectivity index (χ3n) is 3.96. The van der Waals surface area contributed by atoms with Crippen molar-refractivity contribution in [1.29, 1.82) is 0 Å². The number of aromatic carboxylic acids is 1. The second-order valence-corrected chi connectivity index (χ2v) is 5.58. The molecule has 2 aromatic heterocycles. The SMILES string of the molecule is O=C(O)c1cc2c(cn1)[nH]c1cccc(Oc3ccc([N+](=O)[O-])cc3)c12. The first kappa shape index (κ1) is 15.6. The molecule has 26 heavy (non-hydrogen) atoms. The number of nitrogens with zero attached hydrogens (tertiary/aromatic N) is 2. The molecule has 128 valence electrons. The van der Waals surface area contributed by atoms with Crippen LogP contribution >= 0.6 is 0 Å². The Balaban J connectivity index is 1.83. The summed E-state index contributed by atoms with van der Waals surface area (Å²) in [7, 11) is 0. The van der Waals surface area contributed by atoms with E-state index in [1.54, 1.807) is 12.1 Å². The van der Waals surface area contributed by atoms with Crippen molar-refractivity contribution in [3.8, 4) is 11.5 Å². The number of aromatic nitrogens is 2. The normalized spacial score (nSPS) is 10.9. The minimum absolute atomic E-state index is 0.0279. The van der Waals surface area contributed by atoms with E-state index in [2.05, 4.69) is 9.97 Å². The van der Waals surface area contributed by atoms with E-state index in [1.807, 2.05) is 6.07 Å². The number of non-ortho nitro benzene ring substituents is 1. The fourth-order valence-corrected chi connectivity index (χ4v) is 2.78. The third-order valence-corrected chi connectivity index (χ3v) is 3.96. The van der Waals surface area contributed by atoms with Gasteiger partial charge in [0.1, 0.15) is 17.2 Å². The summed E-state index contributed by atoms with van der Waals surface area (Å²) in [6, 6.07) is 12.6. The van der Waals surface area contributed by atoms with Crippen molar-refractivity contribution in [1.82, 2.24) is 9.97 Å². The maximum absolute atomic E-state index is 11.2. The van der Waals surface area contributed by atoms with Crippen LogP contribution in [0.3, 0.4) is 0 Å². The molecular formula is C18H11N3O5.